The molecule has 0 unspecified atom stereocenters. The highest BCUT2D eigenvalue weighted by Gasteiger charge is 2.19. The normalized spacial score (nSPS) is 10.9. The van der Waals surface area contributed by atoms with Gasteiger partial charge in [-0.05, 0) is 55.5 Å². The number of ether oxygens (including phenoxy) is 2. The third kappa shape index (κ3) is 4.78. The van der Waals surface area contributed by atoms with E-state index in [4.69, 9.17) is 21.1 Å². The van der Waals surface area contributed by atoms with Crippen LogP contribution in [0.15, 0.2) is 77.3 Å². The van der Waals surface area contributed by atoms with Crippen LogP contribution >= 0.6 is 27.5 Å². The van der Waals surface area contributed by atoms with Gasteiger partial charge in [0.05, 0.1) is 11.3 Å². The zero-order valence-corrected chi connectivity index (χ0v) is 19.3. The first kappa shape index (κ1) is 21.5. The van der Waals surface area contributed by atoms with Gasteiger partial charge in [0, 0.05) is 32.5 Å². The van der Waals surface area contributed by atoms with Gasteiger partial charge >= 0.3 is 5.97 Å². The highest BCUT2D eigenvalue weighted by Crippen LogP contribution is 2.29. The summed E-state index contributed by atoms with van der Waals surface area (Å²) >= 11 is 9.45. The van der Waals surface area contributed by atoms with Crippen LogP contribution < -0.4 is 4.74 Å². The molecule has 1 aromatic heterocycles. The third-order valence-electron chi connectivity index (χ3n) is 5.11. The van der Waals surface area contributed by atoms with Crippen LogP contribution in [0.25, 0.3) is 10.9 Å². The van der Waals surface area contributed by atoms with E-state index in [1.54, 1.807) is 24.3 Å². The number of benzene rings is 3. The fourth-order valence-corrected chi connectivity index (χ4v) is 4.09. The summed E-state index contributed by atoms with van der Waals surface area (Å²) < 4.78 is 14.9. The quantitative estimate of drug-likeness (QED) is 0.257. The average Bonchev–Trinajstić information content (AvgIpc) is 3.09. The predicted octanol–water partition coefficient (Wildman–Crippen LogP) is 7.01. The maximum absolute atomic E-state index is 12.6. The molecule has 3 aromatic carbocycles. The van der Waals surface area contributed by atoms with Crippen molar-refractivity contribution in [3.63, 3.8) is 0 Å². The van der Waals surface area contributed by atoms with Gasteiger partial charge in [-0.25, -0.2) is 4.79 Å². The zero-order valence-electron chi connectivity index (χ0n) is 17.0. The minimum atomic E-state index is -0.407. The second-order valence-corrected chi connectivity index (χ2v) is 8.37. The van der Waals surface area contributed by atoms with E-state index in [-0.39, 0.29) is 6.61 Å². The number of fused-ring (bicyclic) bond motifs is 1. The lowest BCUT2D eigenvalue weighted by Gasteiger charge is -2.13. The van der Waals surface area contributed by atoms with Crippen molar-refractivity contribution in [2.45, 2.75) is 26.7 Å². The van der Waals surface area contributed by atoms with Crippen molar-refractivity contribution in [3.05, 3.63) is 99.1 Å². The Bertz CT molecular complexity index is 1220. The average molecular weight is 499 g/mol. The summed E-state index contributed by atoms with van der Waals surface area (Å²) in [6, 6.07) is 22.6. The fourth-order valence-electron chi connectivity index (χ4n) is 3.63. The Labute approximate surface area is 194 Å². The van der Waals surface area contributed by atoms with Crippen molar-refractivity contribution >= 4 is 44.4 Å². The molecule has 0 bridgehead atoms. The van der Waals surface area contributed by atoms with Crippen LogP contribution in [0.2, 0.25) is 5.02 Å². The van der Waals surface area contributed by atoms with Crippen LogP contribution in [0.1, 0.15) is 28.5 Å². The van der Waals surface area contributed by atoms with Gasteiger partial charge < -0.3 is 14.0 Å². The van der Waals surface area contributed by atoms with Gasteiger partial charge in [-0.3, -0.25) is 0 Å². The molecule has 0 fully saturated rings. The number of hydrogen-bond acceptors (Lipinski definition) is 3. The molecule has 0 aliphatic heterocycles. The second-order valence-electron chi connectivity index (χ2n) is 7.02. The molecule has 0 aliphatic rings. The maximum Gasteiger partial charge on any atom is 0.338 e. The summed E-state index contributed by atoms with van der Waals surface area (Å²) in [6.45, 7) is 3.39. The first-order valence-electron chi connectivity index (χ1n) is 9.97. The third-order valence-corrected chi connectivity index (χ3v) is 5.87. The molecular weight excluding hydrogens is 478 g/mol. The summed E-state index contributed by atoms with van der Waals surface area (Å²) in [7, 11) is 0. The Balaban J connectivity index is 1.63. The largest absolute Gasteiger partial charge is 0.487 e. The summed E-state index contributed by atoms with van der Waals surface area (Å²) in [4.78, 5) is 12.6. The van der Waals surface area contributed by atoms with Crippen molar-refractivity contribution in [1.29, 1.82) is 0 Å². The molecule has 0 N–H and O–H groups in total. The minimum absolute atomic E-state index is 0.151. The predicted molar refractivity (Wildman–Crippen MR) is 127 cm³/mol. The first-order chi connectivity index (χ1) is 15.1. The summed E-state index contributed by atoms with van der Waals surface area (Å²) in [5.74, 6) is 0.369. The molecule has 0 spiro atoms. The number of carbonyl (C=O) groups excluding carboxylic acids is 1. The maximum atomic E-state index is 12.6. The number of aromatic nitrogens is 1. The van der Waals surface area contributed by atoms with Crippen molar-refractivity contribution < 1.29 is 14.3 Å². The first-order valence-corrected chi connectivity index (χ1v) is 11.1. The van der Waals surface area contributed by atoms with Crippen LogP contribution in [0.5, 0.6) is 5.75 Å². The SMILES string of the molecule is CCn1c(COc2ccc(Br)cc2)c(COC(=O)c2cccc(Cl)c2)c2ccccc21. The van der Waals surface area contributed by atoms with Gasteiger partial charge in [-0.1, -0.05) is 51.8 Å². The van der Waals surface area contributed by atoms with Gasteiger partial charge in [0.15, 0.2) is 0 Å². The molecule has 0 radical (unpaired) electrons. The van der Waals surface area contributed by atoms with E-state index >= 15 is 0 Å². The zero-order chi connectivity index (χ0) is 21.8. The van der Waals surface area contributed by atoms with Crippen LogP contribution in [-0.4, -0.2) is 10.5 Å². The van der Waals surface area contributed by atoms with E-state index in [2.05, 4.69) is 33.5 Å². The number of hydrogen-bond donors (Lipinski definition) is 0. The van der Waals surface area contributed by atoms with E-state index < -0.39 is 5.97 Å². The van der Waals surface area contributed by atoms with Gasteiger partial charge in [0.1, 0.15) is 19.0 Å². The van der Waals surface area contributed by atoms with Crippen molar-refractivity contribution in [2.75, 3.05) is 0 Å². The number of carbonyl (C=O) groups is 1. The molecule has 4 aromatic rings. The molecule has 1 heterocycles. The van der Waals surface area contributed by atoms with E-state index in [1.807, 2.05) is 42.5 Å². The summed E-state index contributed by atoms with van der Waals surface area (Å²) in [5, 5.41) is 1.55. The number of rotatable bonds is 7. The highest BCUT2D eigenvalue weighted by molar-refractivity contribution is 9.10. The van der Waals surface area contributed by atoms with E-state index in [1.165, 1.54) is 0 Å². The lowest BCUT2D eigenvalue weighted by Crippen LogP contribution is -2.10. The molecule has 31 heavy (non-hydrogen) atoms. The molecule has 0 atom stereocenters. The van der Waals surface area contributed by atoms with Crippen molar-refractivity contribution in [1.82, 2.24) is 4.57 Å². The molecule has 0 saturated heterocycles. The number of esters is 1. The Morgan fingerprint density at radius 1 is 1.00 bits per heavy atom. The number of nitrogens with zero attached hydrogens (tertiary/aromatic N) is 1. The van der Waals surface area contributed by atoms with Gasteiger partial charge in [0.25, 0.3) is 0 Å². The van der Waals surface area contributed by atoms with Crippen LogP contribution in [-0.2, 0) is 24.5 Å². The van der Waals surface area contributed by atoms with Crippen LogP contribution in [0.4, 0.5) is 0 Å². The Morgan fingerprint density at radius 2 is 1.77 bits per heavy atom. The monoisotopic (exact) mass is 497 g/mol. The number of para-hydroxylation sites is 1. The molecule has 4 rings (SSSR count). The molecular formula is C25H21BrClNO3. The Hall–Kier alpha value is -2.76. The standard InChI is InChI=1S/C25H21BrClNO3/c1-2-28-23-9-4-3-8-21(23)22(15-31-25(29)17-6-5-7-19(27)14-17)24(28)16-30-20-12-10-18(26)11-13-20/h3-14H,2,15-16H2,1H3. The van der Waals surface area contributed by atoms with Crippen molar-refractivity contribution in [3.8, 4) is 5.75 Å². The summed E-state index contributed by atoms with van der Waals surface area (Å²) in [6.07, 6.45) is 0. The smallest absolute Gasteiger partial charge is 0.338 e. The number of aryl methyl sites for hydroxylation is 1. The minimum Gasteiger partial charge on any atom is -0.487 e. The highest BCUT2D eigenvalue weighted by atomic mass is 79.9. The molecule has 0 aliphatic carbocycles. The molecule has 0 saturated carbocycles. The van der Waals surface area contributed by atoms with E-state index in [0.29, 0.717) is 17.2 Å². The van der Waals surface area contributed by atoms with E-state index in [0.717, 1.165) is 38.9 Å². The van der Waals surface area contributed by atoms with E-state index in [9.17, 15) is 4.79 Å². The van der Waals surface area contributed by atoms with Crippen LogP contribution in [0.3, 0.4) is 0 Å². The van der Waals surface area contributed by atoms with Crippen molar-refractivity contribution in [2.24, 2.45) is 0 Å². The van der Waals surface area contributed by atoms with Gasteiger partial charge in [0.2, 0.25) is 0 Å². The molecule has 158 valence electrons. The second kappa shape index (κ2) is 9.58. The number of halogens is 2. The Kier molecular flexibility index (Phi) is 6.64. The lowest BCUT2D eigenvalue weighted by atomic mass is 10.1. The topological polar surface area (TPSA) is 40.5 Å². The van der Waals surface area contributed by atoms with Gasteiger partial charge in [-0.2, -0.15) is 0 Å². The molecule has 4 nitrogen and oxygen atoms in total. The Morgan fingerprint density at radius 3 is 2.52 bits per heavy atom. The molecule has 0 amide bonds. The summed E-state index contributed by atoms with van der Waals surface area (Å²) in [5.41, 5.74) is 3.46. The van der Waals surface area contributed by atoms with Crippen LogP contribution in [0, 0.1) is 0 Å². The lowest BCUT2D eigenvalue weighted by molar-refractivity contribution is 0.0472. The van der Waals surface area contributed by atoms with Gasteiger partial charge in [-0.15, -0.1) is 0 Å². The molecule has 6 heteroatoms. The fraction of sp³-hybridized carbons (Fsp3) is 0.160.